The van der Waals surface area contributed by atoms with Crippen LogP contribution in [0.25, 0.3) is 0 Å². The van der Waals surface area contributed by atoms with Crippen molar-refractivity contribution in [2.75, 3.05) is 6.61 Å². The van der Waals surface area contributed by atoms with Gasteiger partial charge in [-0.2, -0.15) is 0 Å². The lowest BCUT2D eigenvalue weighted by atomic mass is 10.2. The van der Waals surface area contributed by atoms with Gasteiger partial charge in [0.15, 0.2) is 0 Å². The Hall–Kier alpha value is -1.87. The first kappa shape index (κ1) is 11.6. The van der Waals surface area contributed by atoms with E-state index in [9.17, 15) is 0 Å². The Kier molecular flexibility index (Phi) is 4.11. The average Bonchev–Trinajstić information content (AvgIpc) is 2.39. The first-order chi connectivity index (χ1) is 8.38. The largest absolute Gasteiger partial charge is 0.473 e. The highest BCUT2D eigenvalue weighted by atomic mass is 16.5. The van der Waals surface area contributed by atoms with E-state index < -0.39 is 0 Å². The molecule has 2 rings (SSSR count). The van der Waals surface area contributed by atoms with Crippen LogP contribution >= 0.6 is 0 Å². The first-order valence-electron chi connectivity index (χ1n) is 5.61. The van der Waals surface area contributed by atoms with Crippen molar-refractivity contribution in [3.63, 3.8) is 0 Å². The van der Waals surface area contributed by atoms with Crippen LogP contribution in [0.4, 0.5) is 0 Å². The number of benzene rings is 1. The SMILES string of the molecule is OCCc1ccnc(OCc2ccccc2)c1. The van der Waals surface area contributed by atoms with Gasteiger partial charge in [0.1, 0.15) is 6.61 Å². The van der Waals surface area contributed by atoms with Crippen LogP contribution < -0.4 is 4.74 Å². The number of hydrogen-bond acceptors (Lipinski definition) is 3. The van der Waals surface area contributed by atoms with Crippen LogP contribution in [0.5, 0.6) is 5.88 Å². The van der Waals surface area contributed by atoms with Gasteiger partial charge in [-0.15, -0.1) is 0 Å². The third-order valence-electron chi connectivity index (χ3n) is 2.43. The maximum atomic E-state index is 8.86. The zero-order valence-corrected chi connectivity index (χ0v) is 9.54. The third kappa shape index (κ3) is 3.57. The summed E-state index contributed by atoms with van der Waals surface area (Å²) in [4.78, 5) is 4.13. The summed E-state index contributed by atoms with van der Waals surface area (Å²) in [5.41, 5.74) is 2.15. The molecule has 0 radical (unpaired) electrons. The zero-order valence-electron chi connectivity index (χ0n) is 9.54. The summed E-state index contributed by atoms with van der Waals surface area (Å²) in [7, 11) is 0. The highest BCUT2D eigenvalue weighted by molar-refractivity contribution is 5.21. The van der Waals surface area contributed by atoms with E-state index in [0.717, 1.165) is 11.1 Å². The number of hydrogen-bond donors (Lipinski definition) is 1. The monoisotopic (exact) mass is 229 g/mol. The molecule has 0 fully saturated rings. The van der Waals surface area contributed by atoms with E-state index in [1.54, 1.807) is 6.20 Å². The summed E-state index contributed by atoms with van der Waals surface area (Å²) >= 11 is 0. The number of aliphatic hydroxyl groups is 1. The molecular formula is C14H15NO2. The summed E-state index contributed by atoms with van der Waals surface area (Å²) in [5, 5.41) is 8.86. The van der Waals surface area contributed by atoms with Crippen LogP contribution in [0.15, 0.2) is 48.7 Å². The first-order valence-corrected chi connectivity index (χ1v) is 5.61. The normalized spacial score (nSPS) is 10.2. The molecule has 3 heteroatoms. The highest BCUT2D eigenvalue weighted by Gasteiger charge is 1.99. The van der Waals surface area contributed by atoms with Crippen LogP contribution in [0.3, 0.4) is 0 Å². The third-order valence-corrected chi connectivity index (χ3v) is 2.43. The molecule has 0 spiro atoms. The number of ether oxygens (including phenoxy) is 1. The summed E-state index contributed by atoms with van der Waals surface area (Å²) < 4.78 is 5.59. The molecule has 1 aromatic heterocycles. The Labute approximate surface area is 101 Å². The van der Waals surface area contributed by atoms with Gasteiger partial charge in [-0.3, -0.25) is 0 Å². The summed E-state index contributed by atoms with van der Waals surface area (Å²) in [6.07, 6.45) is 2.33. The van der Waals surface area contributed by atoms with Gasteiger partial charge < -0.3 is 9.84 Å². The molecule has 0 amide bonds. The molecule has 1 N–H and O–H groups in total. The van der Waals surface area contributed by atoms with E-state index in [1.165, 1.54) is 0 Å². The van der Waals surface area contributed by atoms with Gasteiger partial charge in [0.05, 0.1) is 0 Å². The fourth-order valence-electron chi connectivity index (χ4n) is 1.55. The lowest BCUT2D eigenvalue weighted by Gasteiger charge is -2.06. The van der Waals surface area contributed by atoms with Gasteiger partial charge >= 0.3 is 0 Å². The van der Waals surface area contributed by atoms with Gasteiger partial charge in [-0.1, -0.05) is 30.3 Å². The standard InChI is InChI=1S/C14H15NO2/c16-9-7-12-6-8-15-14(10-12)17-11-13-4-2-1-3-5-13/h1-6,8,10,16H,7,9,11H2. The van der Waals surface area contributed by atoms with Crippen LogP contribution in [0.2, 0.25) is 0 Å². The molecule has 0 saturated carbocycles. The van der Waals surface area contributed by atoms with E-state index in [0.29, 0.717) is 18.9 Å². The maximum absolute atomic E-state index is 8.86. The minimum Gasteiger partial charge on any atom is -0.473 e. The molecule has 2 aromatic rings. The van der Waals surface area contributed by atoms with Gasteiger partial charge in [0, 0.05) is 18.9 Å². The molecule has 0 unspecified atom stereocenters. The van der Waals surface area contributed by atoms with Crippen molar-refractivity contribution >= 4 is 0 Å². The molecular weight excluding hydrogens is 214 g/mol. The number of rotatable bonds is 5. The minimum atomic E-state index is 0.141. The van der Waals surface area contributed by atoms with E-state index in [2.05, 4.69) is 4.98 Å². The lowest BCUT2D eigenvalue weighted by Crippen LogP contribution is -1.98. The van der Waals surface area contributed by atoms with Crippen LogP contribution in [-0.4, -0.2) is 16.7 Å². The van der Waals surface area contributed by atoms with Crippen molar-refractivity contribution in [1.29, 1.82) is 0 Å². The lowest BCUT2D eigenvalue weighted by molar-refractivity contribution is 0.290. The quantitative estimate of drug-likeness (QED) is 0.854. The molecule has 1 heterocycles. The summed E-state index contributed by atoms with van der Waals surface area (Å²) in [6.45, 7) is 0.651. The Morgan fingerprint density at radius 2 is 1.88 bits per heavy atom. The van der Waals surface area contributed by atoms with Crippen molar-refractivity contribution < 1.29 is 9.84 Å². The Balaban J connectivity index is 1.97. The summed E-state index contributed by atoms with van der Waals surface area (Å²) in [6, 6.07) is 13.7. The Morgan fingerprint density at radius 1 is 1.06 bits per heavy atom. The van der Waals surface area contributed by atoms with Gasteiger partial charge in [-0.05, 0) is 23.6 Å². The molecule has 0 saturated heterocycles. The second-order valence-electron chi connectivity index (χ2n) is 3.75. The average molecular weight is 229 g/mol. The zero-order chi connectivity index (χ0) is 11.9. The molecule has 0 bridgehead atoms. The van der Waals surface area contributed by atoms with Crippen LogP contribution in [0.1, 0.15) is 11.1 Å². The van der Waals surface area contributed by atoms with E-state index in [4.69, 9.17) is 9.84 Å². The highest BCUT2D eigenvalue weighted by Crippen LogP contribution is 2.12. The Bertz CT molecular complexity index is 457. The molecule has 17 heavy (non-hydrogen) atoms. The smallest absolute Gasteiger partial charge is 0.213 e. The van der Waals surface area contributed by atoms with Crippen molar-refractivity contribution in [1.82, 2.24) is 4.98 Å². The van der Waals surface area contributed by atoms with Crippen molar-refractivity contribution in [3.8, 4) is 5.88 Å². The fraction of sp³-hybridized carbons (Fsp3) is 0.214. The number of aliphatic hydroxyl groups excluding tert-OH is 1. The van der Waals surface area contributed by atoms with Crippen LogP contribution in [-0.2, 0) is 13.0 Å². The van der Waals surface area contributed by atoms with Gasteiger partial charge in [0.2, 0.25) is 5.88 Å². The van der Waals surface area contributed by atoms with Crippen molar-refractivity contribution in [2.45, 2.75) is 13.0 Å². The molecule has 0 aliphatic carbocycles. The predicted molar refractivity (Wildman–Crippen MR) is 65.8 cm³/mol. The second-order valence-corrected chi connectivity index (χ2v) is 3.75. The fourth-order valence-corrected chi connectivity index (χ4v) is 1.55. The number of aromatic nitrogens is 1. The minimum absolute atomic E-state index is 0.141. The topological polar surface area (TPSA) is 42.4 Å². The molecule has 3 nitrogen and oxygen atoms in total. The van der Waals surface area contributed by atoms with Crippen molar-refractivity contribution in [2.24, 2.45) is 0 Å². The van der Waals surface area contributed by atoms with E-state index in [-0.39, 0.29) is 6.61 Å². The second kappa shape index (κ2) is 6.01. The van der Waals surface area contributed by atoms with Gasteiger partial charge in [-0.25, -0.2) is 4.98 Å². The molecule has 0 atom stereocenters. The summed E-state index contributed by atoms with van der Waals surface area (Å²) in [5.74, 6) is 0.597. The molecule has 1 aromatic carbocycles. The maximum Gasteiger partial charge on any atom is 0.213 e. The van der Waals surface area contributed by atoms with E-state index >= 15 is 0 Å². The molecule has 88 valence electrons. The predicted octanol–water partition coefficient (Wildman–Crippen LogP) is 2.20. The van der Waals surface area contributed by atoms with Crippen LogP contribution in [0, 0.1) is 0 Å². The van der Waals surface area contributed by atoms with Crippen molar-refractivity contribution in [3.05, 3.63) is 59.8 Å². The molecule has 0 aliphatic heterocycles. The van der Waals surface area contributed by atoms with E-state index in [1.807, 2.05) is 42.5 Å². The van der Waals surface area contributed by atoms with Gasteiger partial charge in [0.25, 0.3) is 0 Å². The number of pyridine rings is 1. The number of nitrogens with zero attached hydrogens (tertiary/aromatic N) is 1. The molecule has 0 aliphatic rings. The Morgan fingerprint density at radius 3 is 2.65 bits per heavy atom.